The number of carboxylic acids is 1. The fraction of sp³-hybridized carbons (Fsp3) is 0.200. The van der Waals surface area contributed by atoms with Crippen molar-refractivity contribution in [3.63, 3.8) is 0 Å². The first-order valence-corrected chi connectivity index (χ1v) is 5.09. The van der Waals surface area contributed by atoms with E-state index in [1.807, 2.05) is 0 Å². The summed E-state index contributed by atoms with van der Waals surface area (Å²) in [6, 6.07) is 2.00. The number of nitrogens with zero attached hydrogens (tertiary/aromatic N) is 1. The van der Waals surface area contributed by atoms with Crippen LogP contribution in [0.15, 0.2) is 12.1 Å². The number of nitrogens with one attached hydrogen (secondary N) is 1. The minimum atomic E-state index is -1.55. The van der Waals surface area contributed by atoms with Crippen LogP contribution in [0, 0.1) is 10.1 Å². The van der Waals surface area contributed by atoms with E-state index in [9.17, 15) is 19.7 Å². The molecule has 1 aromatic rings. The summed E-state index contributed by atoms with van der Waals surface area (Å²) in [5.74, 6) is -2.53. The third-order valence-corrected chi connectivity index (χ3v) is 2.25. The van der Waals surface area contributed by atoms with Crippen LogP contribution in [-0.4, -0.2) is 40.2 Å². The number of anilines is 1. The van der Waals surface area contributed by atoms with Gasteiger partial charge in [0.2, 0.25) is 0 Å². The number of aromatic carboxylic acids is 1. The third kappa shape index (κ3) is 2.96. The van der Waals surface area contributed by atoms with Gasteiger partial charge in [-0.2, -0.15) is 0 Å². The maximum absolute atomic E-state index is 11.8. The largest absolute Gasteiger partial charge is 0.478 e. The number of carbonyl (C=O) groups excluding carboxylic acids is 1. The van der Waals surface area contributed by atoms with Gasteiger partial charge in [0.1, 0.15) is 11.1 Å². The van der Waals surface area contributed by atoms with Gasteiger partial charge in [-0.3, -0.25) is 14.9 Å². The van der Waals surface area contributed by atoms with E-state index in [2.05, 4.69) is 5.32 Å². The van der Waals surface area contributed by atoms with Crippen LogP contribution in [0.2, 0.25) is 0 Å². The second kappa shape index (κ2) is 5.78. The van der Waals surface area contributed by atoms with E-state index in [1.54, 1.807) is 0 Å². The molecular weight excluding hydrogens is 258 g/mol. The Labute approximate surface area is 106 Å². The Morgan fingerprint density at radius 3 is 2.47 bits per heavy atom. The molecule has 0 fully saturated rings. The predicted octanol–water partition coefficient (Wildman–Crippen LogP) is -0.403. The first-order chi connectivity index (χ1) is 8.90. The van der Waals surface area contributed by atoms with E-state index in [0.29, 0.717) is 0 Å². The maximum Gasteiger partial charge on any atom is 0.338 e. The van der Waals surface area contributed by atoms with Crippen molar-refractivity contribution >= 4 is 23.3 Å². The molecule has 102 valence electrons. The van der Waals surface area contributed by atoms with Crippen molar-refractivity contribution in [1.82, 2.24) is 5.32 Å². The van der Waals surface area contributed by atoms with Crippen molar-refractivity contribution in [3.05, 3.63) is 33.4 Å². The number of amides is 1. The molecule has 0 saturated carbocycles. The normalized spacial score (nSPS) is 9.95. The molecule has 0 aliphatic heterocycles. The Hall–Kier alpha value is -2.68. The number of aliphatic hydroxyl groups is 1. The van der Waals surface area contributed by atoms with Crippen LogP contribution in [0.5, 0.6) is 0 Å². The third-order valence-electron chi connectivity index (χ3n) is 2.25. The van der Waals surface area contributed by atoms with E-state index in [1.165, 1.54) is 0 Å². The predicted molar refractivity (Wildman–Crippen MR) is 63.9 cm³/mol. The van der Waals surface area contributed by atoms with E-state index < -0.39 is 33.6 Å². The lowest BCUT2D eigenvalue weighted by Crippen LogP contribution is -2.29. The number of nitro groups is 1. The first kappa shape index (κ1) is 14.4. The first-order valence-electron chi connectivity index (χ1n) is 5.09. The fourth-order valence-corrected chi connectivity index (χ4v) is 1.48. The molecule has 0 atom stereocenters. The SMILES string of the molecule is Nc1ccc([N+](=O)[O-])c(C(=O)NCCO)c1C(=O)O. The summed E-state index contributed by atoms with van der Waals surface area (Å²) in [6.45, 7) is -0.548. The highest BCUT2D eigenvalue weighted by molar-refractivity contribution is 6.10. The minimum Gasteiger partial charge on any atom is -0.478 e. The number of nitrogen functional groups attached to an aromatic ring is 1. The molecule has 19 heavy (non-hydrogen) atoms. The summed E-state index contributed by atoms with van der Waals surface area (Å²) in [4.78, 5) is 32.8. The van der Waals surface area contributed by atoms with Crippen LogP contribution in [-0.2, 0) is 0 Å². The highest BCUT2D eigenvalue weighted by Crippen LogP contribution is 2.27. The van der Waals surface area contributed by atoms with Crippen LogP contribution in [0.1, 0.15) is 20.7 Å². The average Bonchev–Trinajstić information content (AvgIpc) is 2.34. The van der Waals surface area contributed by atoms with E-state index >= 15 is 0 Å². The number of carboxylic acid groups (broad SMARTS) is 1. The Balaban J connectivity index is 3.46. The van der Waals surface area contributed by atoms with Crippen LogP contribution >= 0.6 is 0 Å². The molecule has 1 rings (SSSR count). The van der Waals surface area contributed by atoms with Gasteiger partial charge in [0.25, 0.3) is 11.6 Å². The number of hydrogen-bond acceptors (Lipinski definition) is 6. The topological polar surface area (TPSA) is 156 Å². The number of benzene rings is 1. The quantitative estimate of drug-likeness (QED) is 0.321. The standard InChI is InChI=1S/C10H11N3O6/c11-5-1-2-6(13(18)19)8(7(5)10(16)17)9(15)12-3-4-14/h1-2,14H,3-4,11H2,(H,12,15)(H,16,17). The number of nitrogens with two attached hydrogens (primary N) is 1. The lowest BCUT2D eigenvalue weighted by molar-refractivity contribution is -0.385. The molecule has 0 unspecified atom stereocenters. The van der Waals surface area contributed by atoms with Crippen LogP contribution < -0.4 is 11.1 Å². The lowest BCUT2D eigenvalue weighted by atomic mass is 10.0. The van der Waals surface area contributed by atoms with Gasteiger partial charge in [-0.05, 0) is 6.07 Å². The summed E-state index contributed by atoms with van der Waals surface area (Å²) >= 11 is 0. The highest BCUT2D eigenvalue weighted by Gasteiger charge is 2.29. The zero-order valence-corrected chi connectivity index (χ0v) is 9.62. The van der Waals surface area contributed by atoms with Crippen molar-refractivity contribution in [2.45, 2.75) is 0 Å². The van der Waals surface area contributed by atoms with Crippen LogP contribution in [0.25, 0.3) is 0 Å². The molecule has 0 spiro atoms. The molecule has 1 amide bonds. The Morgan fingerprint density at radius 2 is 2.00 bits per heavy atom. The summed E-state index contributed by atoms with van der Waals surface area (Å²) < 4.78 is 0. The van der Waals surface area contributed by atoms with Gasteiger partial charge in [-0.25, -0.2) is 4.79 Å². The van der Waals surface area contributed by atoms with E-state index in [-0.39, 0.29) is 18.8 Å². The smallest absolute Gasteiger partial charge is 0.338 e. The zero-order chi connectivity index (χ0) is 14.6. The van der Waals surface area contributed by atoms with Crippen LogP contribution in [0.3, 0.4) is 0 Å². The highest BCUT2D eigenvalue weighted by atomic mass is 16.6. The second-order valence-corrected chi connectivity index (χ2v) is 3.47. The molecule has 0 saturated heterocycles. The van der Waals surface area contributed by atoms with Crippen molar-refractivity contribution in [3.8, 4) is 0 Å². The van der Waals surface area contributed by atoms with E-state index in [4.69, 9.17) is 15.9 Å². The number of aliphatic hydroxyl groups excluding tert-OH is 1. The van der Waals surface area contributed by atoms with Gasteiger partial charge < -0.3 is 21.3 Å². The van der Waals surface area contributed by atoms with Gasteiger partial charge >= 0.3 is 5.97 Å². The maximum atomic E-state index is 11.8. The number of nitro benzene ring substituents is 1. The monoisotopic (exact) mass is 269 g/mol. The number of hydrogen-bond donors (Lipinski definition) is 4. The van der Waals surface area contributed by atoms with Gasteiger partial charge in [-0.1, -0.05) is 0 Å². The fourth-order valence-electron chi connectivity index (χ4n) is 1.48. The Morgan fingerprint density at radius 1 is 1.37 bits per heavy atom. The van der Waals surface area contributed by atoms with Crippen molar-refractivity contribution in [2.75, 3.05) is 18.9 Å². The summed E-state index contributed by atoms with van der Waals surface area (Å²) in [6.07, 6.45) is 0. The van der Waals surface area contributed by atoms with Gasteiger partial charge in [0.15, 0.2) is 0 Å². The molecule has 0 aliphatic rings. The zero-order valence-electron chi connectivity index (χ0n) is 9.62. The molecule has 0 radical (unpaired) electrons. The molecule has 9 heteroatoms. The molecule has 0 aliphatic carbocycles. The second-order valence-electron chi connectivity index (χ2n) is 3.47. The minimum absolute atomic E-state index is 0.163. The number of carbonyl (C=O) groups is 2. The molecule has 0 heterocycles. The van der Waals surface area contributed by atoms with Gasteiger partial charge in [0, 0.05) is 18.3 Å². The summed E-state index contributed by atoms with van der Waals surface area (Å²) in [5, 5.41) is 30.6. The molecule has 1 aromatic carbocycles. The van der Waals surface area contributed by atoms with Crippen LogP contribution in [0.4, 0.5) is 11.4 Å². The Bertz CT molecular complexity index is 542. The molecule has 0 bridgehead atoms. The van der Waals surface area contributed by atoms with Crippen molar-refractivity contribution in [2.24, 2.45) is 0 Å². The summed E-state index contributed by atoms with van der Waals surface area (Å²) in [5.41, 5.74) is 3.24. The van der Waals surface area contributed by atoms with Crippen molar-refractivity contribution < 1.29 is 24.7 Å². The number of rotatable bonds is 5. The molecule has 9 nitrogen and oxygen atoms in total. The molecule has 5 N–H and O–H groups in total. The van der Waals surface area contributed by atoms with Crippen molar-refractivity contribution in [1.29, 1.82) is 0 Å². The summed E-state index contributed by atoms with van der Waals surface area (Å²) in [7, 11) is 0. The average molecular weight is 269 g/mol. The molecule has 0 aromatic heterocycles. The van der Waals surface area contributed by atoms with Gasteiger partial charge in [0.05, 0.1) is 11.5 Å². The van der Waals surface area contributed by atoms with Gasteiger partial charge in [-0.15, -0.1) is 0 Å². The van der Waals surface area contributed by atoms with E-state index in [0.717, 1.165) is 12.1 Å². The molecular formula is C10H11N3O6. The lowest BCUT2D eigenvalue weighted by Gasteiger charge is -2.09. The Kier molecular flexibility index (Phi) is 4.37.